The van der Waals surface area contributed by atoms with E-state index >= 15 is 17.7 Å². The Bertz CT molecular complexity index is 2410. The fraction of sp³-hybridized carbons (Fsp3) is 0.372. The quantitative estimate of drug-likeness (QED) is 0.0361. The van der Waals surface area contributed by atoms with Crippen LogP contribution in [-0.2, 0) is 14.0 Å². The lowest BCUT2D eigenvalue weighted by molar-refractivity contribution is -0.638. The lowest BCUT2D eigenvalue weighted by Crippen LogP contribution is -2.56. The number of fused-ring (bicyclic) bond motifs is 2. The summed E-state index contributed by atoms with van der Waals surface area (Å²) in [7, 11) is -4.21. The number of nitrogens with one attached hydrogen (secondary N) is 1. The summed E-state index contributed by atoms with van der Waals surface area (Å²) in [5.74, 6) is -14.9. The van der Waals surface area contributed by atoms with Crippen molar-refractivity contribution in [1.82, 2.24) is 5.32 Å². The Balaban J connectivity index is 1.31. The molecule has 0 saturated carbocycles. The van der Waals surface area contributed by atoms with E-state index in [2.05, 4.69) is 5.32 Å². The number of carboxylic acid groups (broad SMARTS) is 1. The summed E-state index contributed by atoms with van der Waals surface area (Å²) in [5, 5.41) is 12.6. The smallest absolute Gasteiger partial charge is 0.361 e. The molecule has 3 aromatic carbocycles. The molecule has 1 unspecified atom stereocenters. The second kappa shape index (κ2) is 17.9. The molecule has 0 bridgehead atoms. The highest BCUT2D eigenvalue weighted by Crippen LogP contribution is 2.62. The number of anilines is 1. The van der Waals surface area contributed by atoms with E-state index in [4.69, 9.17) is 21.1 Å². The number of amides is 1. The van der Waals surface area contributed by atoms with E-state index in [1.54, 1.807) is 18.2 Å². The largest absolute Gasteiger partial charge is 0.478 e. The number of rotatable bonds is 17. The number of allylic oxidation sites excluding steroid dienone is 5. The van der Waals surface area contributed by atoms with Crippen molar-refractivity contribution in [2.24, 2.45) is 0 Å². The number of hydrogen-bond acceptors (Lipinski definition) is 6. The Labute approximate surface area is 351 Å². The molecule has 0 aromatic heterocycles. The summed E-state index contributed by atoms with van der Waals surface area (Å²) < 4.78 is 134. The van der Waals surface area contributed by atoms with Gasteiger partial charge in [-0.2, -0.15) is 8.78 Å². The summed E-state index contributed by atoms with van der Waals surface area (Å²) in [6.07, 6.45) is 7.71. The first-order chi connectivity index (χ1) is 29.1. The molecule has 2 saturated heterocycles. The highest BCUT2D eigenvalue weighted by atomic mass is 35.5. The van der Waals surface area contributed by atoms with E-state index < -0.39 is 96.8 Å². The number of hydrogen-bond donors (Lipinski definition) is 2. The average Bonchev–Trinajstić information content (AvgIpc) is 3.21. The predicted molar refractivity (Wildman–Crippen MR) is 217 cm³/mol. The molecule has 2 N–H and O–H groups in total. The van der Waals surface area contributed by atoms with Gasteiger partial charge in [0.05, 0.1) is 32.9 Å². The van der Waals surface area contributed by atoms with Gasteiger partial charge in [-0.3, -0.25) is 4.79 Å². The Kier molecular flexibility index (Phi) is 13.0. The van der Waals surface area contributed by atoms with E-state index in [-0.39, 0.29) is 64.8 Å². The minimum Gasteiger partial charge on any atom is -0.478 e. The monoisotopic (exact) mass is 894 g/mol. The minimum atomic E-state index is -4.21. The number of aromatic carboxylic acids is 1. The van der Waals surface area contributed by atoms with Crippen LogP contribution in [0.2, 0.25) is 0 Å². The normalized spacial score (nSPS) is 19.8. The molecule has 1 atom stereocenters. The highest BCUT2D eigenvalue weighted by molar-refractivity contribution is 7.83. The van der Waals surface area contributed by atoms with E-state index in [0.717, 1.165) is 25.7 Å². The Morgan fingerprint density at radius 1 is 0.836 bits per heavy atom. The zero-order valence-electron chi connectivity index (χ0n) is 32.6. The Hall–Kier alpha value is -4.76. The van der Waals surface area contributed by atoms with E-state index in [1.165, 1.54) is 58.0 Å². The first-order valence-corrected chi connectivity index (χ1v) is 21.8. The summed E-state index contributed by atoms with van der Waals surface area (Å²) in [6, 6.07) is 11.9. The van der Waals surface area contributed by atoms with Crippen LogP contribution in [0, 0.1) is 17.5 Å². The lowest BCUT2D eigenvalue weighted by atomic mass is 9.85. The molecule has 7 rings (SSSR count). The summed E-state index contributed by atoms with van der Waals surface area (Å²) in [4.78, 5) is 27.6. The molecule has 1 amide bonds. The average molecular weight is 895 g/mol. The van der Waals surface area contributed by atoms with Crippen LogP contribution >= 0.6 is 18.7 Å². The second-order valence-corrected chi connectivity index (χ2v) is 18.2. The van der Waals surface area contributed by atoms with Gasteiger partial charge in [0.2, 0.25) is 18.8 Å². The molecule has 3 aliphatic heterocycles. The van der Waals surface area contributed by atoms with Crippen molar-refractivity contribution in [3.05, 3.63) is 117 Å². The standard InChI is InChI=1S/C43H40ClF7N3O6P/c44-14-6-1-2-7-16-59-18-19-60-17-15-52-40(55)36-37(45)34(35(41(56)57)38(46)39(36)47)33-29-12-10-26(53-22-42(48,49)23-53)20-31(29)61(58,28-8-4-3-5-9-28)32-21-27(11-13-30(32)33)54-24-43(50,51)25-54/h3-5,8-13,20-21H,1-2,6-7,14-19,22-25H2,(H-,52,55,56,57)/p+1. The maximum absolute atomic E-state index is 17.2. The van der Waals surface area contributed by atoms with Gasteiger partial charge in [-0.05, 0) is 42.2 Å². The van der Waals surface area contributed by atoms with Gasteiger partial charge in [-0.25, -0.2) is 31.3 Å². The Morgan fingerprint density at radius 2 is 1.51 bits per heavy atom. The number of carboxylic acids is 1. The molecule has 0 radical (unpaired) electrons. The second-order valence-electron chi connectivity index (χ2n) is 15.1. The van der Waals surface area contributed by atoms with Crippen molar-refractivity contribution in [2.75, 3.05) is 69.9 Å². The van der Waals surface area contributed by atoms with Gasteiger partial charge in [-0.1, -0.05) is 49.2 Å². The lowest BCUT2D eigenvalue weighted by Gasteiger charge is -2.41. The maximum Gasteiger partial charge on any atom is 0.361 e. The van der Waals surface area contributed by atoms with E-state index in [1.807, 2.05) is 0 Å². The maximum atomic E-state index is 17.2. The third-order valence-corrected chi connectivity index (χ3v) is 14.2. The van der Waals surface area contributed by atoms with Crippen LogP contribution in [0.3, 0.4) is 0 Å². The zero-order valence-corrected chi connectivity index (χ0v) is 34.3. The number of carbonyl (C=O) groups excluding carboxylic acids is 1. The molecule has 1 aliphatic carbocycles. The molecule has 18 heteroatoms. The van der Waals surface area contributed by atoms with Gasteiger partial charge in [0.1, 0.15) is 16.9 Å². The summed E-state index contributed by atoms with van der Waals surface area (Å²) in [6.45, 7) is -2.25. The van der Waals surface area contributed by atoms with Gasteiger partial charge in [0.15, 0.2) is 18.8 Å². The predicted octanol–water partition coefficient (Wildman–Crippen LogP) is 7.51. The summed E-state index contributed by atoms with van der Waals surface area (Å²) in [5.41, 5.74) is -4.26. The molecule has 2 fully saturated rings. The number of carbonyl (C=O) groups is 2. The van der Waals surface area contributed by atoms with Crippen LogP contribution in [0.1, 0.15) is 57.5 Å². The molecule has 0 spiro atoms. The van der Waals surface area contributed by atoms with Crippen LogP contribution in [-0.4, -0.2) is 104 Å². The van der Waals surface area contributed by atoms with Crippen LogP contribution in [0.4, 0.5) is 36.4 Å². The van der Waals surface area contributed by atoms with Gasteiger partial charge in [0.25, 0.3) is 11.8 Å². The van der Waals surface area contributed by atoms with Crippen molar-refractivity contribution in [2.45, 2.75) is 37.5 Å². The molecule has 3 heterocycles. The fourth-order valence-electron chi connectivity index (χ4n) is 7.82. The number of ether oxygens (including phenoxy) is 2. The fourth-order valence-corrected chi connectivity index (χ4v) is 11.1. The molecular formula is C43H41ClF7N3O6P+. The van der Waals surface area contributed by atoms with Crippen molar-refractivity contribution in [3.8, 4) is 0 Å². The Morgan fingerprint density at radius 3 is 2.16 bits per heavy atom. The molecule has 61 heavy (non-hydrogen) atoms. The van der Waals surface area contributed by atoms with Crippen molar-refractivity contribution >= 4 is 58.2 Å². The SMILES string of the molecule is O=C(NCCOCCOCCCCCCCl)c1c(F)c(F)c(C(=O)O)c(C2=C3C=CC(=[N+]4CC(F)(F)C4)C=C3P(=O)(c3ccccc3)c3cc(N4CC(F)(F)C4)ccc32)c1F. The number of alkyl halides is 5. The van der Waals surface area contributed by atoms with Gasteiger partial charge >= 0.3 is 11.9 Å². The zero-order chi connectivity index (χ0) is 43.7. The molecular weight excluding hydrogens is 854 g/mol. The van der Waals surface area contributed by atoms with E-state index in [9.17, 15) is 32.3 Å². The highest BCUT2D eigenvalue weighted by Gasteiger charge is 2.52. The van der Waals surface area contributed by atoms with Gasteiger partial charge in [0, 0.05) is 63.9 Å². The van der Waals surface area contributed by atoms with E-state index in [0.29, 0.717) is 12.5 Å². The van der Waals surface area contributed by atoms with Crippen molar-refractivity contribution in [1.29, 1.82) is 0 Å². The van der Waals surface area contributed by atoms with Gasteiger partial charge < -0.3 is 29.4 Å². The molecule has 4 aliphatic rings. The topological polar surface area (TPSA) is 108 Å². The first-order valence-electron chi connectivity index (χ1n) is 19.6. The minimum absolute atomic E-state index is 0.0982. The van der Waals surface area contributed by atoms with Crippen LogP contribution in [0.15, 0.2) is 77.6 Å². The number of benzene rings is 3. The van der Waals surface area contributed by atoms with Crippen molar-refractivity contribution < 1.29 is 64.0 Å². The number of halogens is 8. The summed E-state index contributed by atoms with van der Waals surface area (Å²) >= 11 is 5.67. The van der Waals surface area contributed by atoms with Crippen LogP contribution in [0.5, 0.6) is 0 Å². The number of nitrogens with zero attached hydrogens (tertiary/aromatic N) is 2. The third kappa shape index (κ3) is 8.82. The molecule has 9 nitrogen and oxygen atoms in total. The van der Waals surface area contributed by atoms with Crippen LogP contribution < -0.4 is 20.8 Å². The molecule has 3 aromatic rings. The third-order valence-electron chi connectivity index (χ3n) is 10.8. The van der Waals surface area contributed by atoms with Crippen LogP contribution in [0.25, 0.3) is 5.57 Å². The van der Waals surface area contributed by atoms with Gasteiger partial charge in [-0.15, -0.1) is 11.6 Å². The first kappa shape index (κ1) is 44.3. The van der Waals surface area contributed by atoms with Crippen molar-refractivity contribution in [3.63, 3.8) is 0 Å². The number of unbranched alkanes of at least 4 members (excludes halogenated alkanes) is 3. The molecule has 324 valence electrons.